The highest BCUT2D eigenvalue weighted by atomic mass is 79.9. The minimum absolute atomic E-state index is 0.159. The first-order chi connectivity index (χ1) is 5.57. The van der Waals surface area contributed by atoms with Crippen LogP contribution in [0.25, 0.3) is 0 Å². The quantitative estimate of drug-likeness (QED) is 0.453. The van der Waals surface area contributed by atoms with E-state index in [0.717, 1.165) is 6.42 Å². The molecule has 4 heteroatoms. The van der Waals surface area contributed by atoms with E-state index in [0.29, 0.717) is 0 Å². The number of hydrogen-bond acceptors (Lipinski definition) is 2. The van der Waals surface area contributed by atoms with Crippen molar-refractivity contribution in [2.45, 2.75) is 17.1 Å². The van der Waals surface area contributed by atoms with Gasteiger partial charge in [-0.25, -0.2) is 0 Å². The third-order valence-corrected chi connectivity index (χ3v) is 2.06. The predicted octanol–water partition coefficient (Wildman–Crippen LogP) is 2.86. The molecule has 1 atom stereocenters. The lowest BCUT2D eigenvalue weighted by Crippen LogP contribution is -2.09. The summed E-state index contributed by atoms with van der Waals surface area (Å²) in [6.45, 7) is 1.81. The maximum absolute atomic E-state index is 10.9. The van der Waals surface area contributed by atoms with Crippen LogP contribution in [0.1, 0.15) is 13.3 Å². The Balaban J connectivity index is 3.75. The molecule has 0 aromatic rings. The van der Waals surface area contributed by atoms with Gasteiger partial charge in [-0.15, -0.1) is 0 Å². The molecule has 70 valence electrons. The van der Waals surface area contributed by atoms with E-state index in [9.17, 15) is 4.79 Å². The number of esters is 1. The van der Waals surface area contributed by atoms with E-state index < -0.39 is 0 Å². The number of halogens is 2. The van der Waals surface area contributed by atoms with E-state index in [1.807, 2.05) is 12.2 Å². The number of carbonyl (C=O) groups excluding carboxylic acids is 1. The Hall–Kier alpha value is 0.170. The van der Waals surface area contributed by atoms with Crippen molar-refractivity contribution in [1.82, 2.24) is 0 Å². The summed E-state index contributed by atoms with van der Waals surface area (Å²) in [5, 5.41) is 0. The number of alkyl halides is 2. The molecular weight excluding hydrogens is 288 g/mol. The van der Waals surface area contributed by atoms with Crippen LogP contribution in [0.5, 0.6) is 0 Å². The molecule has 0 heterocycles. The summed E-state index contributed by atoms with van der Waals surface area (Å²) in [6, 6.07) is 0. The maximum Gasteiger partial charge on any atom is 0.312 e. The second-order valence-electron chi connectivity index (χ2n) is 2.37. The average molecular weight is 300 g/mol. The zero-order valence-electron chi connectivity index (χ0n) is 7.09. The summed E-state index contributed by atoms with van der Waals surface area (Å²) in [5.74, 6) is -0.360. The summed E-state index contributed by atoms with van der Waals surface area (Å²) in [4.78, 5) is 10.9. The van der Waals surface area contributed by atoms with Gasteiger partial charge in [-0.2, -0.15) is 0 Å². The van der Waals surface area contributed by atoms with E-state index in [-0.39, 0.29) is 15.6 Å². The minimum atomic E-state index is -0.202. The van der Waals surface area contributed by atoms with Crippen LogP contribution < -0.4 is 0 Å². The zero-order valence-corrected chi connectivity index (χ0v) is 10.3. The highest BCUT2D eigenvalue weighted by Crippen LogP contribution is 2.13. The van der Waals surface area contributed by atoms with Crippen molar-refractivity contribution in [3.8, 4) is 0 Å². The molecule has 0 aromatic heterocycles. The molecule has 0 fully saturated rings. The van der Waals surface area contributed by atoms with Gasteiger partial charge >= 0.3 is 5.97 Å². The lowest BCUT2D eigenvalue weighted by Gasteiger charge is -2.02. The molecule has 0 spiro atoms. The van der Waals surface area contributed by atoms with Crippen molar-refractivity contribution in [3.05, 3.63) is 12.2 Å². The fourth-order valence-corrected chi connectivity index (χ4v) is 1.08. The Morgan fingerprint density at radius 3 is 2.58 bits per heavy atom. The van der Waals surface area contributed by atoms with E-state index in [2.05, 4.69) is 36.6 Å². The summed E-state index contributed by atoms with van der Waals surface area (Å²) in [6.07, 6.45) is 4.62. The lowest BCUT2D eigenvalue weighted by molar-refractivity contribution is -0.143. The number of allylic oxidation sites excluding steroid dienone is 1. The van der Waals surface area contributed by atoms with Gasteiger partial charge in [0, 0.05) is 0 Å². The summed E-state index contributed by atoms with van der Waals surface area (Å²) >= 11 is 6.66. The molecular formula is C8H12Br2O2. The fraction of sp³-hybridized carbons (Fsp3) is 0.625. The average Bonchev–Trinajstić information content (AvgIpc) is 2.02. The first-order valence-corrected chi connectivity index (χ1v) is 5.43. The molecule has 0 aliphatic heterocycles. The largest absolute Gasteiger partial charge is 0.469 e. The van der Waals surface area contributed by atoms with Gasteiger partial charge in [0.05, 0.1) is 16.8 Å². The van der Waals surface area contributed by atoms with Gasteiger partial charge in [0.25, 0.3) is 0 Å². The Morgan fingerprint density at radius 1 is 1.58 bits per heavy atom. The number of hydrogen-bond donors (Lipinski definition) is 0. The first kappa shape index (κ1) is 12.2. The summed E-state index contributed by atoms with van der Waals surface area (Å²) < 4.78 is 4.83. The van der Waals surface area contributed by atoms with E-state index in [1.54, 1.807) is 6.92 Å². The lowest BCUT2D eigenvalue weighted by atomic mass is 10.1. The molecule has 0 aliphatic carbocycles. The highest BCUT2D eigenvalue weighted by molar-refractivity contribution is 9.24. The third kappa shape index (κ3) is 5.77. The van der Waals surface area contributed by atoms with Gasteiger partial charge < -0.3 is 4.74 Å². The molecule has 12 heavy (non-hydrogen) atoms. The Bertz CT molecular complexity index is 166. The van der Waals surface area contributed by atoms with E-state index >= 15 is 0 Å². The zero-order chi connectivity index (χ0) is 9.56. The van der Waals surface area contributed by atoms with Crippen LogP contribution >= 0.6 is 31.9 Å². The van der Waals surface area contributed by atoms with E-state index in [4.69, 9.17) is 0 Å². The second kappa shape index (κ2) is 6.66. The molecule has 1 unspecified atom stereocenters. The Morgan fingerprint density at radius 2 is 2.17 bits per heavy atom. The van der Waals surface area contributed by atoms with Gasteiger partial charge in [0.15, 0.2) is 0 Å². The van der Waals surface area contributed by atoms with Gasteiger partial charge in [-0.05, 0) is 13.3 Å². The van der Waals surface area contributed by atoms with Crippen molar-refractivity contribution in [1.29, 1.82) is 0 Å². The number of ether oxygens (including phenoxy) is 1. The molecule has 0 aromatic carbocycles. The highest BCUT2D eigenvalue weighted by Gasteiger charge is 2.07. The van der Waals surface area contributed by atoms with Crippen molar-refractivity contribution in [2.24, 2.45) is 5.92 Å². The van der Waals surface area contributed by atoms with E-state index in [1.165, 1.54) is 7.11 Å². The van der Waals surface area contributed by atoms with Crippen LogP contribution in [0.4, 0.5) is 0 Å². The number of methoxy groups -OCH3 is 1. The van der Waals surface area contributed by atoms with Crippen LogP contribution in [0.15, 0.2) is 12.2 Å². The topological polar surface area (TPSA) is 26.3 Å². The molecule has 0 rings (SSSR count). The third-order valence-electron chi connectivity index (χ3n) is 1.31. The minimum Gasteiger partial charge on any atom is -0.469 e. The smallest absolute Gasteiger partial charge is 0.312 e. The molecule has 0 saturated heterocycles. The van der Waals surface area contributed by atoms with Crippen LogP contribution in [0.2, 0.25) is 0 Å². The van der Waals surface area contributed by atoms with Crippen molar-refractivity contribution in [3.63, 3.8) is 0 Å². The molecule has 0 N–H and O–H groups in total. The van der Waals surface area contributed by atoms with Gasteiger partial charge in [-0.3, -0.25) is 4.79 Å². The molecule has 0 bridgehead atoms. The molecule has 0 amide bonds. The monoisotopic (exact) mass is 298 g/mol. The first-order valence-electron chi connectivity index (χ1n) is 3.60. The van der Waals surface area contributed by atoms with Crippen molar-refractivity contribution >= 4 is 37.8 Å². The molecule has 0 aliphatic rings. The van der Waals surface area contributed by atoms with Crippen molar-refractivity contribution in [2.75, 3.05) is 7.11 Å². The standard InChI is InChI=1S/C8H12Br2O2/c1-6(8(11)12-2)4-3-5-7(9)10/h3-4,6-7H,5H2,1-2H3/b4-3-. The Labute approximate surface area is 89.6 Å². The van der Waals surface area contributed by atoms with Gasteiger partial charge in [0.2, 0.25) is 0 Å². The van der Waals surface area contributed by atoms with Crippen LogP contribution in [0.3, 0.4) is 0 Å². The molecule has 2 nitrogen and oxygen atoms in total. The van der Waals surface area contributed by atoms with Crippen LogP contribution in [-0.2, 0) is 9.53 Å². The second-order valence-corrected chi connectivity index (χ2v) is 5.81. The SMILES string of the molecule is COC(=O)C(C)/C=C\CC(Br)Br. The summed E-state index contributed by atoms with van der Waals surface area (Å²) in [7, 11) is 1.39. The normalized spacial score (nSPS) is 13.8. The van der Waals surface area contributed by atoms with Crippen LogP contribution in [0, 0.1) is 5.92 Å². The van der Waals surface area contributed by atoms with Crippen molar-refractivity contribution < 1.29 is 9.53 Å². The number of rotatable bonds is 4. The maximum atomic E-state index is 10.9. The predicted molar refractivity (Wildman–Crippen MR) is 56.6 cm³/mol. The summed E-state index contributed by atoms with van der Waals surface area (Å²) in [5.41, 5.74) is 0. The van der Waals surface area contributed by atoms with Crippen LogP contribution in [-0.4, -0.2) is 16.8 Å². The van der Waals surface area contributed by atoms with Gasteiger partial charge in [0.1, 0.15) is 0 Å². The van der Waals surface area contributed by atoms with Gasteiger partial charge in [-0.1, -0.05) is 44.0 Å². The molecule has 0 saturated carbocycles. The number of carbonyl (C=O) groups is 1. The fourth-order valence-electron chi connectivity index (χ4n) is 0.650. The Kier molecular flexibility index (Phi) is 6.76. The molecule has 0 radical (unpaired) electrons.